The lowest BCUT2D eigenvalue weighted by Gasteiger charge is -2.10. The summed E-state index contributed by atoms with van der Waals surface area (Å²) in [6.45, 7) is 0.427. The number of fused-ring (bicyclic) bond motifs is 1. The van der Waals surface area contributed by atoms with E-state index < -0.39 is 0 Å². The highest BCUT2D eigenvalue weighted by Crippen LogP contribution is 2.28. The van der Waals surface area contributed by atoms with Crippen LogP contribution in [0, 0.1) is 0 Å². The Kier molecular flexibility index (Phi) is 4.27. The fourth-order valence-corrected chi connectivity index (χ4v) is 3.13. The number of nitrogens with zero attached hydrogens (tertiary/aromatic N) is 1. The minimum atomic E-state index is 0.402. The Balaban J connectivity index is 1.80. The quantitative estimate of drug-likeness (QED) is 0.643. The maximum absolute atomic E-state index is 5.94. The molecule has 0 fully saturated rings. The smallest absolute Gasteiger partial charge is 0.140 e. The van der Waals surface area contributed by atoms with E-state index in [0.29, 0.717) is 12.5 Å². The molecule has 0 atom stereocenters. The second-order valence-electron chi connectivity index (χ2n) is 4.47. The van der Waals surface area contributed by atoms with Gasteiger partial charge in [0, 0.05) is 11.6 Å². The van der Waals surface area contributed by atoms with Crippen LogP contribution in [-0.2, 0) is 12.5 Å². The van der Waals surface area contributed by atoms with Gasteiger partial charge in [-0.2, -0.15) is 0 Å². The van der Waals surface area contributed by atoms with Gasteiger partial charge in [0.15, 0.2) is 0 Å². The molecule has 0 N–H and O–H groups in total. The van der Waals surface area contributed by atoms with Crippen LogP contribution in [0.25, 0.3) is 10.2 Å². The van der Waals surface area contributed by atoms with Crippen LogP contribution in [0.1, 0.15) is 10.6 Å². The summed E-state index contributed by atoms with van der Waals surface area (Å²) in [5.74, 6) is 1.89. The monoisotopic (exact) mass is 319 g/mol. The summed E-state index contributed by atoms with van der Waals surface area (Å²) in [6, 6.07) is 13.7. The van der Waals surface area contributed by atoms with Crippen LogP contribution >= 0.6 is 22.9 Å². The van der Waals surface area contributed by atoms with E-state index in [1.807, 2.05) is 36.4 Å². The van der Waals surface area contributed by atoms with Crippen molar-refractivity contribution in [2.24, 2.45) is 0 Å². The Morgan fingerprint density at radius 2 is 2.05 bits per heavy atom. The molecule has 0 aliphatic rings. The summed E-state index contributed by atoms with van der Waals surface area (Å²) >= 11 is 7.58. The Morgan fingerprint density at radius 3 is 2.81 bits per heavy atom. The van der Waals surface area contributed by atoms with Gasteiger partial charge in [0.05, 0.1) is 23.2 Å². The lowest BCUT2D eigenvalue weighted by molar-refractivity contribution is 0.301. The number of para-hydroxylation sites is 1. The number of alkyl halides is 1. The Labute approximate surface area is 132 Å². The molecule has 0 aliphatic heterocycles. The largest absolute Gasteiger partial charge is 0.497 e. The first-order chi connectivity index (χ1) is 10.3. The second kappa shape index (κ2) is 6.33. The van der Waals surface area contributed by atoms with Crippen molar-refractivity contribution in [3.8, 4) is 11.5 Å². The van der Waals surface area contributed by atoms with E-state index in [-0.39, 0.29) is 0 Å². The zero-order valence-corrected chi connectivity index (χ0v) is 13.1. The number of methoxy groups -OCH3 is 1. The number of rotatable bonds is 5. The highest BCUT2D eigenvalue weighted by molar-refractivity contribution is 7.18. The number of hydrogen-bond acceptors (Lipinski definition) is 4. The van der Waals surface area contributed by atoms with Crippen LogP contribution in [0.2, 0.25) is 0 Å². The van der Waals surface area contributed by atoms with Gasteiger partial charge in [-0.3, -0.25) is 0 Å². The minimum Gasteiger partial charge on any atom is -0.497 e. The highest BCUT2D eigenvalue weighted by Gasteiger charge is 2.08. The first-order valence-corrected chi connectivity index (χ1v) is 7.85. The molecule has 21 heavy (non-hydrogen) atoms. The summed E-state index contributed by atoms with van der Waals surface area (Å²) in [4.78, 5) is 4.56. The van der Waals surface area contributed by atoms with Crippen molar-refractivity contribution in [1.29, 1.82) is 0 Å². The van der Waals surface area contributed by atoms with Crippen molar-refractivity contribution >= 4 is 33.2 Å². The van der Waals surface area contributed by atoms with Crippen molar-refractivity contribution < 1.29 is 9.47 Å². The molecule has 0 spiro atoms. The molecule has 0 saturated heterocycles. The topological polar surface area (TPSA) is 31.4 Å². The normalized spacial score (nSPS) is 10.8. The fourth-order valence-electron chi connectivity index (χ4n) is 2.03. The third-order valence-electron chi connectivity index (χ3n) is 3.11. The molecule has 0 aliphatic carbocycles. The summed E-state index contributed by atoms with van der Waals surface area (Å²) < 4.78 is 12.3. The maximum Gasteiger partial charge on any atom is 0.140 e. The molecule has 108 valence electrons. The van der Waals surface area contributed by atoms with Crippen molar-refractivity contribution in [1.82, 2.24) is 4.98 Å². The highest BCUT2D eigenvalue weighted by atomic mass is 35.5. The lowest BCUT2D eigenvalue weighted by atomic mass is 10.2. The van der Waals surface area contributed by atoms with Gasteiger partial charge < -0.3 is 9.47 Å². The van der Waals surface area contributed by atoms with Crippen molar-refractivity contribution in [3.05, 3.63) is 53.0 Å². The molecule has 2 aromatic carbocycles. The summed E-state index contributed by atoms with van der Waals surface area (Å²) in [7, 11) is 1.63. The van der Waals surface area contributed by atoms with Gasteiger partial charge in [-0.1, -0.05) is 18.2 Å². The van der Waals surface area contributed by atoms with Crippen molar-refractivity contribution in [2.75, 3.05) is 7.11 Å². The first kappa shape index (κ1) is 14.2. The van der Waals surface area contributed by atoms with Crippen LogP contribution in [0.5, 0.6) is 11.5 Å². The molecule has 1 aromatic heterocycles. The van der Waals surface area contributed by atoms with E-state index in [9.17, 15) is 0 Å². The van der Waals surface area contributed by atoms with Gasteiger partial charge in [0.1, 0.15) is 23.1 Å². The van der Waals surface area contributed by atoms with Crippen molar-refractivity contribution in [2.45, 2.75) is 12.5 Å². The Hall–Kier alpha value is -1.78. The molecule has 0 radical (unpaired) electrons. The van der Waals surface area contributed by atoms with Crippen molar-refractivity contribution in [3.63, 3.8) is 0 Å². The SMILES string of the molecule is COc1ccc(CCl)c(OCc2nc3ccccc3s2)c1. The van der Waals surface area contributed by atoms with Gasteiger partial charge in [-0.05, 0) is 18.2 Å². The molecular formula is C16H14ClNO2S. The second-order valence-corrected chi connectivity index (χ2v) is 5.85. The summed E-state index contributed by atoms with van der Waals surface area (Å²) in [5.41, 5.74) is 1.95. The van der Waals surface area contributed by atoms with E-state index in [4.69, 9.17) is 21.1 Å². The van der Waals surface area contributed by atoms with E-state index >= 15 is 0 Å². The third kappa shape index (κ3) is 3.12. The lowest BCUT2D eigenvalue weighted by Crippen LogP contribution is -1.98. The number of aromatic nitrogens is 1. The Morgan fingerprint density at radius 1 is 1.19 bits per heavy atom. The molecule has 1 heterocycles. The number of benzene rings is 2. The van der Waals surface area contributed by atoms with Gasteiger partial charge in [-0.25, -0.2) is 4.98 Å². The van der Waals surface area contributed by atoms with Crippen LogP contribution in [0.4, 0.5) is 0 Å². The molecule has 0 unspecified atom stereocenters. The Bertz CT molecular complexity index is 724. The van der Waals surface area contributed by atoms with Crippen LogP contribution < -0.4 is 9.47 Å². The van der Waals surface area contributed by atoms with Crippen LogP contribution in [0.15, 0.2) is 42.5 Å². The molecule has 3 nitrogen and oxygen atoms in total. The van der Waals surface area contributed by atoms with Crippen LogP contribution in [-0.4, -0.2) is 12.1 Å². The van der Waals surface area contributed by atoms with Gasteiger partial charge in [0.2, 0.25) is 0 Å². The standard InChI is InChI=1S/C16H14ClNO2S/c1-19-12-7-6-11(9-17)14(8-12)20-10-16-18-13-4-2-3-5-15(13)21-16/h2-8H,9-10H2,1H3. The molecule has 0 amide bonds. The van der Waals surface area contributed by atoms with E-state index in [2.05, 4.69) is 11.1 Å². The van der Waals surface area contributed by atoms with E-state index in [1.165, 1.54) is 4.70 Å². The molecule has 5 heteroatoms. The molecule has 0 bridgehead atoms. The van der Waals surface area contributed by atoms with Gasteiger partial charge in [-0.15, -0.1) is 22.9 Å². The van der Waals surface area contributed by atoms with E-state index in [0.717, 1.165) is 27.6 Å². The number of halogens is 1. The predicted octanol–water partition coefficient (Wildman–Crippen LogP) is 4.62. The number of thiazole rings is 1. The molecule has 0 saturated carbocycles. The first-order valence-electron chi connectivity index (χ1n) is 6.50. The average molecular weight is 320 g/mol. The predicted molar refractivity (Wildman–Crippen MR) is 86.5 cm³/mol. The molecular weight excluding hydrogens is 306 g/mol. The number of hydrogen-bond donors (Lipinski definition) is 0. The fraction of sp³-hybridized carbons (Fsp3) is 0.188. The molecule has 3 aromatic rings. The maximum atomic E-state index is 5.94. The van der Waals surface area contributed by atoms with Crippen LogP contribution in [0.3, 0.4) is 0 Å². The van der Waals surface area contributed by atoms with E-state index in [1.54, 1.807) is 18.4 Å². The summed E-state index contributed by atoms with van der Waals surface area (Å²) in [6.07, 6.45) is 0. The number of ether oxygens (including phenoxy) is 2. The zero-order valence-electron chi connectivity index (χ0n) is 11.5. The average Bonchev–Trinajstić information content (AvgIpc) is 2.95. The summed E-state index contributed by atoms with van der Waals surface area (Å²) in [5, 5.41) is 0.944. The molecule has 3 rings (SSSR count). The minimum absolute atomic E-state index is 0.402. The van der Waals surface area contributed by atoms with Gasteiger partial charge in [0.25, 0.3) is 0 Å². The third-order valence-corrected chi connectivity index (χ3v) is 4.41. The zero-order chi connectivity index (χ0) is 14.7. The van der Waals surface area contributed by atoms with Gasteiger partial charge >= 0.3 is 0 Å².